The van der Waals surface area contributed by atoms with Crippen molar-refractivity contribution < 1.29 is 23.1 Å². The number of hydrogen-bond acceptors (Lipinski definition) is 2. The molecule has 1 aromatic heterocycles. The molecule has 0 saturated heterocycles. The van der Waals surface area contributed by atoms with Gasteiger partial charge in [0.1, 0.15) is 6.04 Å². The van der Waals surface area contributed by atoms with Crippen LogP contribution in [-0.4, -0.2) is 20.9 Å². The number of rotatable bonds is 2. The highest BCUT2D eigenvalue weighted by atomic mass is 79.9. The highest BCUT2D eigenvalue weighted by molar-refractivity contribution is 9.10. The lowest BCUT2D eigenvalue weighted by molar-refractivity contribution is -0.144. The van der Waals surface area contributed by atoms with E-state index in [2.05, 4.69) is 21.0 Å². The molecule has 0 aliphatic carbocycles. The lowest BCUT2D eigenvalue weighted by Gasteiger charge is -2.06. The molecule has 1 aromatic rings. The monoisotopic (exact) mass is 286 g/mol. The Morgan fingerprint density at radius 3 is 2.53 bits per heavy atom. The van der Waals surface area contributed by atoms with Crippen LogP contribution in [-0.2, 0) is 11.0 Å². The number of alkyl halides is 3. The molecule has 0 aromatic carbocycles. The summed E-state index contributed by atoms with van der Waals surface area (Å²) in [5.41, 5.74) is -1.13. The molecule has 0 amide bonds. The lowest BCUT2D eigenvalue weighted by Crippen LogP contribution is -2.17. The average Bonchev–Trinajstić information content (AvgIpc) is 2.44. The summed E-state index contributed by atoms with van der Waals surface area (Å²) in [6.45, 7) is 1.24. The molecule has 0 aliphatic rings. The van der Waals surface area contributed by atoms with Crippen molar-refractivity contribution in [3.8, 4) is 0 Å². The fourth-order valence-electron chi connectivity index (χ4n) is 0.873. The number of halogens is 4. The van der Waals surface area contributed by atoms with Crippen molar-refractivity contribution >= 4 is 21.9 Å². The summed E-state index contributed by atoms with van der Waals surface area (Å²) in [7, 11) is 0. The second kappa shape index (κ2) is 3.84. The van der Waals surface area contributed by atoms with Crippen LogP contribution in [0.15, 0.2) is 10.7 Å². The van der Waals surface area contributed by atoms with Gasteiger partial charge in [-0.25, -0.2) is 4.79 Å². The van der Waals surface area contributed by atoms with Gasteiger partial charge in [0.25, 0.3) is 0 Å². The van der Waals surface area contributed by atoms with Crippen molar-refractivity contribution in [2.75, 3.05) is 0 Å². The Morgan fingerprint density at radius 2 is 2.20 bits per heavy atom. The smallest absolute Gasteiger partial charge is 0.436 e. The van der Waals surface area contributed by atoms with E-state index in [1.54, 1.807) is 0 Å². The van der Waals surface area contributed by atoms with Crippen molar-refractivity contribution in [3.63, 3.8) is 0 Å². The molecule has 1 heterocycles. The Labute approximate surface area is 90.8 Å². The molecule has 0 fully saturated rings. The Hall–Kier alpha value is -1.05. The summed E-state index contributed by atoms with van der Waals surface area (Å²) in [6.07, 6.45) is -3.61. The van der Waals surface area contributed by atoms with Gasteiger partial charge in [-0.05, 0) is 22.9 Å². The fraction of sp³-hybridized carbons (Fsp3) is 0.429. The Kier molecular flexibility index (Phi) is 3.08. The summed E-state index contributed by atoms with van der Waals surface area (Å²) < 4.78 is 37.3. The minimum Gasteiger partial charge on any atom is -0.480 e. The topological polar surface area (TPSA) is 55.1 Å². The van der Waals surface area contributed by atoms with E-state index < -0.39 is 23.9 Å². The second-order valence-corrected chi connectivity index (χ2v) is 3.67. The normalized spacial score (nSPS) is 13.9. The number of carboxylic acids is 1. The fourth-order valence-corrected chi connectivity index (χ4v) is 1.39. The number of nitrogens with zero attached hydrogens (tertiary/aromatic N) is 2. The second-order valence-electron chi connectivity index (χ2n) is 2.82. The number of aromatic nitrogens is 2. The summed E-state index contributed by atoms with van der Waals surface area (Å²) in [4.78, 5) is 10.5. The van der Waals surface area contributed by atoms with Crippen molar-refractivity contribution in [1.82, 2.24) is 9.78 Å². The number of hydrogen-bond donors (Lipinski definition) is 1. The van der Waals surface area contributed by atoms with Crippen LogP contribution in [0.2, 0.25) is 0 Å². The molecule has 0 spiro atoms. The molecule has 0 saturated carbocycles. The molecular weight excluding hydrogens is 281 g/mol. The first-order valence-electron chi connectivity index (χ1n) is 3.78. The minimum atomic E-state index is -4.59. The molecule has 0 aliphatic heterocycles. The first-order chi connectivity index (χ1) is 6.73. The van der Waals surface area contributed by atoms with E-state index in [0.717, 1.165) is 10.9 Å². The number of carbonyl (C=O) groups is 1. The molecule has 4 nitrogen and oxygen atoms in total. The van der Waals surface area contributed by atoms with Crippen LogP contribution >= 0.6 is 15.9 Å². The van der Waals surface area contributed by atoms with Crippen molar-refractivity contribution in [2.24, 2.45) is 0 Å². The minimum absolute atomic E-state index is 0.275. The van der Waals surface area contributed by atoms with Gasteiger partial charge in [-0.1, -0.05) is 0 Å². The highest BCUT2D eigenvalue weighted by Gasteiger charge is 2.37. The van der Waals surface area contributed by atoms with E-state index in [1.807, 2.05) is 0 Å². The third-order valence-corrected chi connectivity index (χ3v) is 2.29. The van der Waals surface area contributed by atoms with E-state index in [-0.39, 0.29) is 4.47 Å². The molecule has 0 bridgehead atoms. The van der Waals surface area contributed by atoms with Gasteiger partial charge >= 0.3 is 12.1 Å². The largest absolute Gasteiger partial charge is 0.480 e. The van der Waals surface area contributed by atoms with Gasteiger partial charge in [-0.3, -0.25) is 4.68 Å². The molecule has 0 radical (unpaired) electrons. The molecule has 84 valence electrons. The van der Waals surface area contributed by atoms with Gasteiger partial charge in [0.05, 0.1) is 4.47 Å². The average molecular weight is 287 g/mol. The number of carboxylic acid groups (broad SMARTS) is 1. The van der Waals surface area contributed by atoms with Crippen LogP contribution in [0.3, 0.4) is 0 Å². The summed E-state index contributed by atoms with van der Waals surface area (Å²) >= 11 is 2.67. The predicted octanol–water partition coefficient (Wildman–Crippen LogP) is 2.31. The molecule has 8 heteroatoms. The van der Waals surface area contributed by atoms with Gasteiger partial charge in [-0.2, -0.15) is 18.3 Å². The molecular formula is C7H6BrF3N2O2. The predicted molar refractivity (Wildman–Crippen MR) is 47.3 cm³/mol. The first kappa shape index (κ1) is 12.0. The maximum Gasteiger partial charge on any atom is 0.436 e. The Balaban J connectivity index is 3.11. The van der Waals surface area contributed by atoms with E-state index >= 15 is 0 Å². The van der Waals surface area contributed by atoms with Crippen LogP contribution in [0, 0.1) is 0 Å². The summed E-state index contributed by atoms with van der Waals surface area (Å²) in [6, 6.07) is -1.14. The zero-order chi connectivity index (χ0) is 11.8. The highest BCUT2D eigenvalue weighted by Crippen LogP contribution is 2.33. The molecule has 1 N–H and O–H groups in total. The van der Waals surface area contributed by atoms with Crippen LogP contribution in [0.5, 0.6) is 0 Å². The van der Waals surface area contributed by atoms with Gasteiger partial charge in [0.2, 0.25) is 0 Å². The number of aliphatic carboxylic acids is 1. The van der Waals surface area contributed by atoms with E-state index in [1.165, 1.54) is 6.92 Å². The van der Waals surface area contributed by atoms with Gasteiger partial charge in [-0.15, -0.1) is 0 Å². The van der Waals surface area contributed by atoms with Gasteiger partial charge in [0, 0.05) is 6.20 Å². The lowest BCUT2D eigenvalue weighted by atomic mass is 10.4. The van der Waals surface area contributed by atoms with E-state index in [4.69, 9.17) is 5.11 Å². The van der Waals surface area contributed by atoms with Crippen molar-refractivity contribution in [3.05, 3.63) is 16.4 Å². The molecule has 15 heavy (non-hydrogen) atoms. The molecule has 1 unspecified atom stereocenters. The van der Waals surface area contributed by atoms with Crippen LogP contribution in [0.4, 0.5) is 13.2 Å². The van der Waals surface area contributed by atoms with Crippen LogP contribution in [0.25, 0.3) is 0 Å². The van der Waals surface area contributed by atoms with Crippen LogP contribution < -0.4 is 0 Å². The maximum atomic E-state index is 12.3. The zero-order valence-corrected chi connectivity index (χ0v) is 9.00. The van der Waals surface area contributed by atoms with Gasteiger partial charge in [0.15, 0.2) is 5.69 Å². The van der Waals surface area contributed by atoms with Crippen molar-refractivity contribution in [2.45, 2.75) is 19.1 Å². The molecule has 1 rings (SSSR count). The Morgan fingerprint density at radius 1 is 1.67 bits per heavy atom. The first-order valence-corrected chi connectivity index (χ1v) is 4.57. The quantitative estimate of drug-likeness (QED) is 0.908. The SMILES string of the molecule is CC(C(=O)O)n1cc(Br)c(C(F)(F)F)n1. The van der Waals surface area contributed by atoms with E-state index in [9.17, 15) is 18.0 Å². The third kappa shape index (κ3) is 2.49. The van der Waals surface area contributed by atoms with Gasteiger partial charge < -0.3 is 5.11 Å². The maximum absolute atomic E-state index is 12.3. The molecule has 1 atom stereocenters. The standard InChI is InChI=1S/C7H6BrF3N2O2/c1-3(6(14)15)13-2-4(8)5(12-13)7(9,10)11/h2-3H,1H3,(H,14,15). The summed E-state index contributed by atoms with van der Waals surface area (Å²) in [5.74, 6) is -1.25. The summed E-state index contributed by atoms with van der Waals surface area (Å²) in [5, 5.41) is 11.7. The zero-order valence-electron chi connectivity index (χ0n) is 7.42. The van der Waals surface area contributed by atoms with E-state index in [0.29, 0.717) is 0 Å². The van der Waals surface area contributed by atoms with Crippen molar-refractivity contribution in [1.29, 1.82) is 0 Å². The third-order valence-electron chi connectivity index (χ3n) is 1.71. The van der Waals surface area contributed by atoms with Crippen LogP contribution in [0.1, 0.15) is 18.7 Å². The Bertz CT molecular complexity index is 388.